The van der Waals surface area contributed by atoms with Gasteiger partial charge in [-0.05, 0) is 47.1 Å². The molecule has 0 aliphatic carbocycles. The number of nitrogens with zero attached hydrogens (tertiary/aromatic N) is 1. The van der Waals surface area contributed by atoms with Crippen LogP contribution in [0.4, 0.5) is 10.1 Å². The summed E-state index contributed by atoms with van der Waals surface area (Å²) >= 11 is 3.33. The van der Waals surface area contributed by atoms with Gasteiger partial charge >= 0.3 is 0 Å². The molecule has 1 aromatic heterocycles. The second-order valence-corrected chi connectivity index (χ2v) is 4.57. The Labute approximate surface area is 108 Å². The molecule has 2 nitrogen and oxygen atoms in total. The lowest BCUT2D eigenvalue weighted by Crippen LogP contribution is -2.09. The summed E-state index contributed by atoms with van der Waals surface area (Å²) in [4.78, 5) is 4.23. The van der Waals surface area contributed by atoms with Gasteiger partial charge in [-0.25, -0.2) is 4.39 Å². The zero-order valence-electron chi connectivity index (χ0n) is 9.32. The average Bonchev–Trinajstić information content (AvgIpc) is 2.35. The zero-order valence-corrected chi connectivity index (χ0v) is 10.9. The molecule has 1 atom stereocenters. The van der Waals surface area contributed by atoms with E-state index in [0.29, 0.717) is 10.2 Å². The minimum Gasteiger partial charge on any atom is -0.374 e. The maximum absolute atomic E-state index is 13.6. The third-order valence-electron chi connectivity index (χ3n) is 2.46. The van der Waals surface area contributed by atoms with Gasteiger partial charge in [0, 0.05) is 10.7 Å². The third kappa shape index (κ3) is 2.82. The van der Waals surface area contributed by atoms with Crippen molar-refractivity contribution in [1.29, 1.82) is 0 Å². The Morgan fingerprint density at radius 2 is 2.06 bits per heavy atom. The maximum Gasteiger partial charge on any atom is 0.147 e. The summed E-state index contributed by atoms with van der Waals surface area (Å²) in [6.45, 7) is 1.95. The van der Waals surface area contributed by atoms with Gasteiger partial charge in [-0.3, -0.25) is 4.98 Å². The van der Waals surface area contributed by atoms with Crippen molar-refractivity contribution in [3.8, 4) is 0 Å². The van der Waals surface area contributed by atoms with Crippen LogP contribution in [0.1, 0.15) is 18.7 Å². The summed E-state index contributed by atoms with van der Waals surface area (Å²) in [5.74, 6) is -0.276. The zero-order chi connectivity index (χ0) is 12.3. The molecule has 0 radical (unpaired) electrons. The predicted molar refractivity (Wildman–Crippen MR) is 70.4 cm³/mol. The second kappa shape index (κ2) is 5.27. The van der Waals surface area contributed by atoms with E-state index in [9.17, 15) is 4.39 Å². The fourth-order valence-corrected chi connectivity index (χ4v) is 2.01. The van der Waals surface area contributed by atoms with Crippen LogP contribution in [-0.2, 0) is 0 Å². The molecular formula is C13H12BrFN2. The lowest BCUT2D eigenvalue weighted by atomic mass is 10.2. The second-order valence-electron chi connectivity index (χ2n) is 3.72. The summed E-state index contributed by atoms with van der Waals surface area (Å²) in [5.41, 5.74) is 1.34. The molecule has 17 heavy (non-hydrogen) atoms. The van der Waals surface area contributed by atoms with Gasteiger partial charge in [0.2, 0.25) is 0 Å². The Hall–Kier alpha value is -1.42. The van der Waals surface area contributed by atoms with Crippen LogP contribution in [0.15, 0.2) is 47.1 Å². The number of nitrogens with one attached hydrogen (secondary N) is 1. The van der Waals surface area contributed by atoms with Crippen molar-refractivity contribution in [2.24, 2.45) is 0 Å². The Bertz CT molecular complexity index is 482. The van der Waals surface area contributed by atoms with Crippen molar-refractivity contribution in [1.82, 2.24) is 4.98 Å². The first kappa shape index (κ1) is 12.0. The molecule has 88 valence electrons. The van der Waals surface area contributed by atoms with E-state index in [2.05, 4.69) is 26.2 Å². The lowest BCUT2D eigenvalue weighted by molar-refractivity contribution is 0.626. The van der Waals surface area contributed by atoms with E-state index in [4.69, 9.17) is 0 Å². The summed E-state index contributed by atoms with van der Waals surface area (Å²) in [6.07, 6.45) is 1.73. The van der Waals surface area contributed by atoms with E-state index in [0.717, 1.165) is 5.69 Å². The highest BCUT2D eigenvalue weighted by atomic mass is 79.9. The van der Waals surface area contributed by atoms with Gasteiger partial charge in [-0.2, -0.15) is 0 Å². The molecule has 0 bridgehead atoms. The van der Waals surface area contributed by atoms with E-state index in [-0.39, 0.29) is 11.9 Å². The van der Waals surface area contributed by atoms with E-state index in [1.54, 1.807) is 18.3 Å². The normalized spacial score (nSPS) is 12.2. The number of hydrogen-bond donors (Lipinski definition) is 1. The Morgan fingerprint density at radius 1 is 1.24 bits per heavy atom. The largest absolute Gasteiger partial charge is 0.374 e. The van der Waals surface area contributed by atoms with Crippen LogP contribution in [0, 0.1) is 5.82 Å². The average molecular weight is 295 g/mol. The molecule has 1 unspecified atom stereocenters. The molecule has 0 saturated carbocycles. The number of halogens is 2. The highest BCUT2D eigenvalue weighted by Gasteiger charge is 2.11. The SMILES string of the molecule is CC(Nc1c(F)cccc1Br)c1ccccn1. The quantitative estimate of drug-likeness (QED) is 0.919. The Balaban J connectivity index is 2.22. The van der Waals surface area contributed by atoms with Crippen molar-refractivity contribution in [3.63, 3.8) is 0 Å². The van der Waals surface area contributed by atoms with E-state index < -0.39 is 0 Å². The summed E-state index contributed by atoms with van der Waals surface area (Å²) in [6, 6.07) is 10.5. The van der Waals surface area contributed by atoms with Crippen LogP contribution in [0.5, 0.6) is 0 Å². The number of hydrogen-bond acceptors (Lipinski definition) is 2. The van der Waals surface area contributed by atoms with Crippen LogP contribution in [0.25, 0.3) is 0 Å². The first-order chi connectivity index (χ1) is 8.18. The fourth-order valence-electron chi connectivity index (χ4n) is 1.56. The number of benzene rings is 1. The van der Waals surface area contributed by atoms with Crippen LogP contribution < -0.4 is 5.32 Å². The molecular weight excluding hydrogens is 283 g/mol. The molecule has 4 heteroatoms. The van der Waals surface area contributed by atoms with E-state index >= 15 is 0 Å². The fraction of sp³-hybridized carbons (Fsp3) is 0.154. The van der Waals surface area contributed by atoms with Gasteiger partial charge in [0.25, 0.3) is 0 Å². The van der Waals surface area contributed by atoms with Gasteiger partial charge in [0.1, 0.15) is 5.82 Å². The molecule has 0 aliphatic rings. The van der Waals surface area contributed by atoms with Crippen molar-refractivity contribution >= 4 is 21.6 Å². The minimum absolute atomic E-state index is 0.0515. The Kier molecular flexibility index (Phi) is 3.74. The van der Waals surface area contributed by atoms with Crippen molar-refractivity contribution in [2.45, 2.75) is 13.0 Å². The number of para-hydroxylation sites is 1. The van der Waals surface area contributed by atoms with Crippen molar-refractivity contribution in [2.75, 3.05) is 5.32 Å². The standard InChI is InChI=1S/C13H12BrFN2/c1-9(12-7-2-3-8-16-12)17-13-10(14)5-4-6-11(13)15/h2-9,17H,1H3. The van der Waals surface area contributed by atoms with Crippen LogP contribution >= 0.6 is 15.9 Å². The Morgan fingerprint density at radius 3 is 2.71 bits per heavy atom. The molecule has 1 aromatic carbocycles. The molecule has 2 rings (SSSR count). The molecule has 0 fully saturated rings. The van der Waals surface area contributed by atoms with Gasteiger partial charge in [0.05, 0.1) is 17.4 Å². The van der Waals surface area contributed by atoms with E-state index in [1.807, 2.05) is 25.1 Å². The molecule has 0 spiro atoms. The first-order valence-electron chi connectivity index (χ1n) is 5.30. The third-order valence-corrected chi connectivity index (χ3v) is 3.12. The summed E-state index contributed by atoms with van der Waals surface area (Å²) in [5, 5.41) is 3.11. The smallest absolute Gasteiger partial charge is 0.147 e. The molecule has 1 heterocycles. The molecule has 0 saturated heterocycles. The topological polar surface area (TPSA) is 24.9 Å². The highest BCUT2D eigenvalue weighted by molar-refractivity contribution is 9.10. The number of rotatable bonds is 3. The molecule has 0 amide bonds. The van der Waals surface area contributed by atoms with Gasteiger partial charge in [-0.1, -0.05) is 12.1 Å². The monoisotopic (exact) mass is 294 g/mol. The molecule has 0 aliphatic heterocycles. The van der Waals surface area contributed by atoms with Crippen LogP contribution in [-0.4, -0.2) is 4.98 Å². The summed E-state index contributed by atoms with van der Waals surface area (Å²) < 4.78 is 14.3. The van der Waals surface area contributed by atoms with Crippen LogP contribution in [0.2, 0.25) is 0 Å². The lowest BCUT2D eigenvalue weighted by Gasteiger charge is -2.16. The first-order valence-corrected chi connectivity index (χ1v) is 6.09. The maximum atomic E-state index is 13.6. The van der Waals surface area contributed by atoms with Crippen molar-refractivity contribution in [3.05, 3.63) is 58.6 Å². The van der Waals surface area contributed by atoms with Gasteiger partial charge in [-0.15, -0.1) is 0 Å². The number of anilines is 1. The predicted octanol–water partition coefficient (Wildman–Crippen LogP) is 4.16. The van der Waals surface area contributed by atoms with E-state index in [1.165, 1.54) is 6.07 Å². The van der Waals surface area contributed by atoms with Gasteiger partial charge < -0.3 is 5.32 Å². The number of pyridine rings is 1. The minimum atomic E-state index is -0.276. The van der Waals surface area contributed by atoms with Gasteiger partial charge in [0.15, 0.2) is 0 Å². The highest BCUT2D eigenvalue weighted by Crippen LogP contribution is 2.28. The number of aromatic nitrogens is 1. The molecule has 1 N–H and O–H groups in total. The summed E-state index contributed by atoms with van der Waals surface area (Å²) in [7, 11) is 0. The van der Waals surface area contributed by atoms with Crippen molar-refractivity contribution < 1.29 is 4.39 Å². The van der Waals surface area contributed by atoms with Crippen LogP contribution in [0.3, 0.4) is 0 Å². The molecule has 2 aromatic rings.